The van der Waals surface area contributed by atoms with Crippen LogP contribution in [0.3, 0.4) is 0 Å². The number of fused-ring (bicyclic) bond motifs is 1. The van der Waals surface area contributed by atoms with Crippen molar-refractivity contribution in [1.29, 1.82) is 0 Å². The average Bonchev–Trinajstić information content (AvgIpc) is 3.35. The van der Waals surface area contributed by atoms with Crippen molar-refractivity contribution >= 4 is 81.7 Å². The number of benzene rings is 4. The molecule has 0 aliphatic carbocycles. The van der Waals surface area contributed by atoms with Crippen LogP contribution >= 0.6 is 34.2 Å². The fraction of sp³-hybridized carbons (Fsp3) is 0.231. The van der Waals surface area contributed by atoms with E-state index in [0.29, 0.717) is 0 Å². The first-order valence-electron chi connectivity index (χ1n) is 15.0. The topological polar surface area (TPSA) is 7.76 Å². The predicted molar refractivity (Wildman–Crippen MR) is 192 cm³/mol. The predicted octanol–water partition coefficient (Wildman–Crippen LogP) is 10.4. The standard InChI is InChI=1S/C39H35IN2S/c1-22-33(29-20-23(38(2,3)4)13-15-25(29)30-17-14-24(21-42(30)40)39(5,6)7)28-16-18-32-36-34-26(10-8-12-31(34)43-32)27-11-9-19-41(22)37(27)35(28)36/h8-21,33H,1H2,2-7H3/q+2. The molecule has 8 rings (SSSR count). The van der Waals surface area contributed by atoms with E-state index < -0.39 is 0 Å². The molecule has 1 aliphatic heterocycles. The Labute approximate surface area is 271 Å². The Bertz CT molecular complexity index is 2290. The van der Waals surface area contributed by atoms with Crippen LogP contribution in [0.5, 0.6) is 0 Å². The fourth-order valence-electron chi connectivity index (χ4n) is 7.16. The molecule has 1 aliphatic rings. The number of allylic oxidation sites excluding steroid dienone is 1. The summed E-state index contributed by atoms with van der Waals surface area (Å²) in [5, 5.41) is 6.84. The largest absolute Gasteiger partial charge is 0.354 e. The molecule has 0 saturated heterocycles. The Morgan fingerprint density at radius 3 is 2.19 bits per heavy atom. The normalized spacial score (nSPS) is 15.6. The van der Waals surface area contributed by atoms with E-state index in [0.717, 1.165) is 5.70 Å². The SMILES string of the molecule is C=C1C(c2cc(C(C)(C)C)ccc2-c2ccc(C(C)(C)C)c[n+]2I)c2ccc3sc4cccc5c6ccc[n+]1c6c2c3c45. The molecule has 0 fully saturated rings. The molecular weight excluding hydrogens is 655 g/mol. The van der Waals surface area contributed by atoms with Gasteiger partial charge in [0, 0.05) is 37.9 Å². The van der Waals surface area contributed by atoms with Gasteiger partial charge in [0.25, 0.3) is 0 Å². The van der Waals surface area contributed by atoms with E-state index in [2.05, 4.69) is 157 Å². The number of aromatic nitrogens is 2. The highest BCUT2D eigenvalue weighted by Crippen LogP contribution is 2.51. The lowest BCUT2D eigenvalue weighted by Gasteiger charge is -2.28. The molecule has 7 aromatic rings. The Kier molecular flexibility index (Phi) is 5.75. The molecule has 2 nitrogen and oxygen atoms in total. The van der Waals surface area contributed by atoms with Crippen molar-refractivity contribution in [2.24, 2.45) is 0 Å². The van der Waals surface area contributed by atoms with Crippen LogP contribution in [-0.2, 0) is 10.8 Å². The van der Waals surface area contributed by atoms with Gasteiger partial charge in [0.2, 0.25) is 11.2 Å². The van der Waals surface area contributed by atoms with Crippen LogP contribution in [-0.4, -0.2) is 0 Å². The minimum Gasteiger partial charge on any atom is -0.163 e. The number of thiophene rings is 1. The monoisotopic (exact) mass is 690 g/mol. The van der Waals surface area contributed by atoms with Crippen LogP contribution in [0.2, 0.25) is 0 Å². The number of nitrogens with zero attached hydrogens (tertiary/aromatic N) is 2. The van der Waals surface area contributed by atoms with Gasteiger partial charge in [-0.05, 0) is 69.8 Å². The minimum absolute atomic E-state index is 0.0170. The number of pyridine rings is 2. The van der Waals surface area contributed by atoms with Crippen molar-refractivity contribution in [2.75, 3.05) is 0 Å². The summed E-state index contributed by atoms with van der Waals surface area (Å²) in [5.41, 5.74) is 10.3. The molecule has 0 spiro atoms. The summed E-state index contributed by atoms with van der Waals surface area (Å²) in [5.74, 6) is 0.0170. The molecule has 0 saturated carbocycles. The van der Waals surface area contributed by atoms with Gasteiger partial charge in [-0.3, -0.25) is 0 Å². The van der Waals surface area contributed by atoms with E-state index in [-0.39, 0.29) is 16.7 Å². The second-order valence-electron chi connectivity index (χ2n) is 14.2. The van der Waals surface area contributed by atoms with E-state index in [1.807, 2.05) is 11.3 Å². The number of halogens is 1. The molecule has 4 heterocycles. The van der Waals surface area contributed by atoms with Gasteiger partial charge < -0.3 is 0 Å². The lowest BCUT2D eigenvalue weighted by molar-refractivity contribution is -0.555. The average molecular weight is 691 g/mol. The van der Waals surface area contributed by atoms with E-state index in [1.54, 1.807) is 0 Å². The van der Waals surface area contributed by atoms with Crippen molar-refractivity contribution in [2.45, 2.75) is 58.3 Å². The molecule has 4 aromatic carbocycles. The summed E-state index contributed by atoms with van der Waals surface area (Å²) in [6.07, 6.45) is 4.51. The third kappa shape index (κ3) is 3.88. The maximum atomic E-state index is 4.84. The zero-order valence-corrected chi connectivity index (χ0v) is 28.5. The van der Waals surface area contributed by atoms with E-state index in [1.165, 1.54) is 75.4 Å². The van der Waals surface area contributed by atoms with Crippen molar-refractivity contribution in [3.8, 4) is 11.3 Å². The maximum Gasteiger partial charge on any atom is 0.354 e. The zero-order chi connectivity index (χ0) is 30.0. The molecule has 0 radical (unpaired) electrons. The van der Waals surface area contributed by atoms with Crippen molar-refractivity contribution < 1.29 is 7.35 Å². The molecule has 212 valence electrons. The summed E-state index contributed by atoms with van der Waals surface area (Å²) in [6.45, 7) is 18.6. The van der Waals surface area contributed by atoms with Crippen LogP contribution in [0, 0.1) is 0 Å². The smallest absolute Gasteiger partial charge is 0.163 e. The molecule has 43 heavy (non-hydrogen) atoms. The molecular formula is C39H35IN2S+2. The van der Waals surface area contributed by atoms with Gasteiger partial charge in [-0.1, -0.05) is 71.9 Å². The summed E-state index contributed by atoms with van der Waals surface area (Å²) < 4.78 is 7.39. The highest BCUT2D eigenvalue weighted by atomic mass is 127. The van der Waals surface area contributed by atoms with Crippen LogP contribution in [0.1, 0.15) is 69.7 Å². The van der Waals surface area contributed by atoms with Crippen LogP contribution in [0.25, 0.3) is 58.8 Å². The highest BCUT2D eigenvalue weighted by Gasteiger charge is 2.39. The lowest BCUT2D eigenvalue weighted by Crippen LogP contribution is -2.39. The Morgan fingerprint density at radius 1 is 0.721 bits per heavy atom. The minimum atomic E-state index is 0.0170. The zero-order valence-electron chi connectivity index (χ0n) is 25.5. The summed E-state index contributed by atoms with van der Waals surface area (Å²) in [4.78, 5) is 0. The molecule has 0 amide bonds. The van der Waals surface area contributed by atoms with Gasteiger partial charge in [0.15, 0.2) is 18.1 Å². The highest BCUT2D eigenvalue weighted by molar-refractivity contribution is 14.1. The summed E-state index contributed by atoms with van der Waals surface area (Å²) in [7, 11) is 0. The van der Waals surface area contributed by atoms with Gasteiger partial charge >= 0.3 is 22.9 Å². The third-order valence-corrected chi connectivity index (χ3v) is 11.4. The van der Waals surface area contributed by atoms with E-state index >= 15 is 0 Å². The molecule has 1 atom stereocenters. The second-order valence-corrected chi connectivity index (χ2v) is 16.3. The molecule has 3 aromatic heterocycles. The van der Waals surface area contributed by atoms with Gasteiger partial charge in [0.05, 0.1) is 22.3 Å². The Morgan fingerprint density at radius 2 is 1.44 bits per heavy atom. The number of hydrogen-bond donors (Lipinski definition) is 0. The van der Waals surface area contributed by atoms with Crippen molar-refractivity contribution in [1.82, 2.24) is 0 Å². The van der Waals surface area contributed by atoms with Gasteiger partial charge in [-0.25, -0.2) is 0 Å². The first-order valence-corrected chi connectivity index (χ1v) is 16.8. The van der Waals surface area contributed by atoms with E-state index in [4.69, 9.17) is 6.58 Å². The van der Waals surface area contributed by atoms with Crippen LogP contribution in [0.15, 0.2) is 91.8 Å². The lowest BCUT2D eigenvalue weighted by atomic mass is 9.76. The van der Waals surface area contributed by atoms with Crippen molar-refractivity contribution in [3.63, 3.8) is 0 Å². The fourth-order valence-corrected chi connectivity index (χ4v) is 9.02. The van der Waals surface area contributed by atoms with Crippen molar-refractivity contribution in [3.05, 3.63) is 114 Å². The number of hydrogen-bond acceptors (Lipinski definition) is 1. The Hall–Kier alpha value is -3.35. The van der Waals surface area contributed by atoms with Gasteiger partial charge in [0.1, 0.15) is 0 Å². The quantitative estimate of drug-likeness (QED) is 0.0970. The third-order valence-electron chi connectivity index (χ3n) is 9.44. The molecule has 0 N–H and O–H groups in total. The van der Waals surface area contributed by atoms with Crippen LogP contribution < -0.4 is 7.35 Å². The van der Waals surface area contributed by atoms with E-state index in [9.17, 15) is 0 Å². The molecule has 4 heteroatoms. The maximum absolute atomic E-state index is 4.84. The van der Waals surface area contributed by atoms with Crippen LogP contribution in [0.4, 0.5) is 0 Å². The Balaban J connectivity index is 1.48. The van der Waals surface area contributed by atoms with Gasteiger partial charge in [-0.15, -0.1) is 14.1 Å². The molecule has 0 bridgehead atoms. The van der Waals surface area contributed by atoms with Gasteiger partial charge in [-0.2, -0.15) is 4.57 Å². The summed E-state index contributed by atoms with van der Waals surface area (Å²) >= 11 is 4.38. The number of rotatable bonds is 2. The molecule has 1 unspecified atom stereocenters. The second kappa shape index (κ2) is 9.09. The first kappa shape index (κ1) is 27.2. The first-order chi connectivity index (χ1) is 20.4. The summed E-state index contributed by atoms with van der Waals surface area (Å²) in [6, 6.07) is 27.8.